The van der Waals surface area contributed by atoms with Gasteiger partial charge in [0.05, 0.1) is 11.7 Å². The summed E-state index contributed by atoms with van der Waals surface area (Å²) in [5, 5.41) is 5.12. The Labute approximate surface area is 134 Å². The number of urea groups is 1. The molecule has 7 nitrogen and oxygen atoms in total. The Kier molecular flexibility index (Phi) is 2.90. The molecule has 2 saturated heterocycles. The van der Waals surface area contributed by atoms with Gasteiger partial charge >= 0.3 is 6.03 Å². The third-order valence-electron chi connectivity index (χ3n) is 4.42. The minimum absolute atomic E-state index is 0.209. The van der Waals surface area contributed by atoms with Gasteiger partial charge in [0.15, 0.2) is 0 Å². The zero-order valence-electron chi connectivity index (χ0n) is 11.7. The van der Waals surface area contributed by atoms with Gasteiger partial charge in [-0.25, -0.2) is 9.78 Å². The minimum Gasteiger partial charge on any atom is -0.357 e. The standard InChI is InChI=1S/C14H14BrN5O2/c15-9-5-10-7-16-8-20(10)11(6-9)19-3-1-14(2-4-19)12(21)17-13(22)18-14/h5-8H,1-4H2,(H2,17,18,21,22). The lowest BCUT2D eigenvalue weighted by Gasteiger charge is -2.38. The molecule has 2 fully saturated rings. The number of hydrogen-bond acceptors (Lipinski definition) is 4. The molecule has 0 radical (unpaired) electrons. The van der Waals surface area contributed by atoms with Gasteiger partial charge in [-0.2, -0.15) is 0 Å². The second-order valence-corrected chi connectivity index (χ2v) is 6.61. The first kappa shape index (κ1) is 13.6. The van der Waals surface area contributed by atoms with Crippen LogP contribution in [0, 0.1) is 0 Å². The zero-order valence-corrected chi connectivity index (χ0v) is 13.3. The number of amides is 3. The highest BCUT2D eigenvalue weighted by molar-refractivity contribution is 9.10. The normalized spacial score (nSPS) is 20.5. The number of imidazole rings is 1. The van der Waals surface area contributed by atoms with Crippen molar-refractivity contribution in [2.75, 3.05) is 18.0 Å². The Bertz CT molecular complexity index is 779. The lowest BCUT2D eigenvalue weighted by Crippen LogP contribution is -2.55. The number of rotatable bonds is 1. The number of piperidine rings is 1. The van der Waals surface area contributed by atoms with Gasteiger partial charge in [-0.15, -0.1) is 0 Å². The van der Waals surface area contributed by atoms with E-state index in [4.69, 9.17) is 0 Å². The highest BCUT2D eigenvalue weighted by Gasteiger charge is 2.48. The summed E-state index contributed by atoms with van der Waals surface area (Å²) in [4.78, 5) is 29.8. The summed E-state index contributed by atoms with van der Waals surface area (Å²) in [6.45, 7) is 1.38. The number of nitrogens with zero attached hydrogens (tertiary/aromatic N) is 3. The molecule has 114 valence electrons. The Morgan fingerprint density at radius 2 is 2.00 bits per heavy atom. The van der Waals surface area contributed by atoms with Gasteiger partial charge in [0, 0.05) is 17.6 Å². The van der Waals surface area contributed by atoms with Crippen LogP contribution in [0.5, 0.6) is 0 Å². The maximum atomic E-state index is 12.0. The number of fused-ring (bicyclic) bond motifs is 1. The quantitative estimate of drug-likeness (QED) is 0.748. The number of carbonyl (C=O) groups excluding carboxylic acids is 2. The van der Waals surface area contributed by atoms with E-state index >= 15 is 0 Å². The van der Waals surface area contributed by atoms with Crippen LogP contribution in [0.2, 0.25) is 0 Å². The third kappa shape index (κ3) is 1.98. The fourth-order valence-electron chi connectivity index (χ4n) is 3.22. The SMILES string of the molecule is O=C1NC(=O)C2(CCN(c3cc(Br)cc4cncn34)CC2)N1. The molecule has 2 aliphatic rings. The molecule has 8 heteroatoms. The van der Waals surface area contributed by atoms with Gasteiger partial charge in [0.2, 0.25) is 0 Å². The predicted molar refractivity (Wildman–Crippen MR) is 83.7 cm³/mol. The highest BCUT2D eigenvalue weighted by atomic mass is 79.9. The van der Waals surface area contributed by atoms with Gasteiger partial charge in [-0.05, 0) is 25.0 Å². The van der Waals surface area contributed by atoms with Gasteiger partial charge < -0.3 is 10.2 Å². The van der Waals surface area contributed by atoms with Gasteiger partial charge in [0.1, 0.15) is 17.7 Å². The number of hydrogen-bond donors (Lipinski definition) is 2. The first-order chi connectivity index (χ1) is 10.6. The van der Waals surface area contributed by atoms with Gasteiger partial charge in [-0.3, -0.25) is 14.5 Å². The molecule has 0 saturated carbocycles. The molecule has 22 heavy (non-hydrogen) atoms. The van der Waals surface area contributed by atoms with E-state index < -0.39 is 11.6 Å². The van der Waals surface area contributed by atoms with Crippen molar-refractivity contribution in [3.63, 3.8) is 0 Å². The van der Waals surface area contributed by atoms with Crippen molar-refractivity contribution in [1.82, 2.24) is 20.0 Å². The van der Waals surface area contributed by atoms with Crippen LogP contribution >= 0.6 is 15.9 Å². The number of anilines is 1. The van der Waals surface area contributed by atoms with Crippen molar-refractivity contribution < 1.29 is 9.59 Å². The molecule has 0 aromatic carbocycles. The summed E-state index contributed by atoms with van der Waals surface area (Å²) in [7, 11) is 0. The van der Waals surface area contributed by atoms with Crippen LogP contribution in [-0.4, -0.2) is 40.0 Å². The highest BCUT2D eigenvalue weighted by Crippen LogP contribution is 2.30. The van der Waals surface area contributed by atoms with Crippen molar-refractivity contribution in [2.24, 2.45) is 0 Å². The first-order valence-corrected chi connectivity index (χ1v) is 7.87. The Hall–Kier alpha value is -2.09. The van der Waals surface area contributed by atoms with E-state index in [9.17, 15) is 9.59 Å². The number of aromatic nitrogens is 2. The van der Waals surface area contributed by atoms with Crippen molar-refractivity contribution >= 4 is 39.2 Å². The molecule has 0 bridgehead atoms. The van der Waals surface area contributed by atoms with Crippen LogP contribution in [0.4, 0.5) is 10.6 Å². The Morgan fingerprint density at radius 3 is 2.68 bits per heavy atom. The van der Waals surface area contributed by atoms with E-state index in [0.29, 0.717) is 25.9 Å². The maximum Gasteiger partial charge on any atom is 0.322 e. The maximum absolute atomic E-state index is 12.0. The van der Waals surface area contributed by atoms with Crippen LogP contribution < -0.4 is 15.5 Å². The van der Waals surface area contributed by atoms with Crippen LogP contribution in [0.3, 0.4) is 0 Å². The molecule has 4 heterocycles. The van der Waals surface area contributed by atoms with Gasteiger partial charge in [0.25, 0.3) is 5.91 Å². The summed E-state index contributed by atoms with van der Waals surface area (Å²) in [5.74, 6) is 0.820. The van der Waals surface area contributed by atoms with E-state index in [1.807, 2.05) is 22.7 Å². The smallest absolute Gasteiger partial charge is 0.322 e. The molecule has 2 aromatic heterocycles. The average Bonchev–Trinajstić information content (AvgIpc) is 3.04. The lowest BCUT2D eigenvalue weighted by molar-refractivity contribution is -0.124. The molecule has 2 aliphatic heterocycles. The van der Waals surface area contributed by atoms with Crippen LogP contribution in [-0.2, 0) is 4.79 Å². The lowest BCUT2D eigenvalue weighted by atomic mass is 9.88. The second-order valence-electron chi connectivity index (χ2n) is 5.70. The number of imide groups is 1. The summed E-state index contributed by atoms with van der Waals surface area (Å²) >= 11 is 3.52. The molecule has 0 atom stereocenters. The zero-order chi connectivity index (χ0) is 15.3. The van der Waals surface area contributed by atoms with Crippen LogP contribution in [0.1, 0.15) is 12.8 Å². The Balaban J connectivity index is 1.62. The summed E-state index contributed by atoms with van der Waals surface area (Å²) in [6, 6.07) is 3.66. The van der Waals surface area contributed by atoms with E-state index in [-0.39, 0.29) is 5.91 Å². The Morgan fingerprint density at radius 1 is 1.23 bits per heavy atom. The number of nitrogens with one attached hydrogen (secondary N) is 2. The first-order valence-electron chi connectivity index (χ1n) is 7.08. The number of pyridine rings is 1. The monoisotopic (exact) mass is 363 g/mol. The fraction of sp³-hybridized carbons (Fsp3) is 0.357. The minimum atomic E-state index is -0.742. The second kappa shape index (κ2) is 4.70. The van der Waals surface area contributed by atoms with Crippen molar-refractivity contribution in [1.29, 1.82) is 0 Å². The van der Waals surface area contributed by atoms with Gasteiger partial charge in [-0.1, -0.05) is 15.9 Å². The molecule has 1 spiro atoms. The topological polar surface area (TPSA) is 78.7 Å². The number of halogens is 1. The van der Waals surface area contributed by atoms with E-state index in [0.717, 1.165) is 15.8 Å². The predicted octanol–water partition coefficient (Wildman–Crippen LogP) is 1.28. The largest absolute Gasteiger partial charge is 0.357 e. The van der Waals surface area contributed by atoms with E-state index in [1.54, 1.807) is 6.33 Å². The molecule has 4 rings (SSSR count). The van der Waals surface area contributed by atoms with E-state index in [1.165, 1.54) is 0 Å². The molecule has 3 amide bonds. The molecular formula is C14H14BrN5O2. The van der Waals surface area contributed by atoms with Crippen molar-refractivity contribution in [3.05, 3.63) is 29.1 Å². The summed E-state index contributed by atoms with van der Waals surface area (Å²) in [6.07, 6.45) is 4.77. The van der Waals surface area contributed by atoms with Crippen molar-refractivity contribution in [3.8, 4) is 0 Å². The third-order valence-corrected chi connectivity index (χ3v) is 4.88. The summed E-state index contributed by atoms with van der Waals surface area (Å²) in [5.41, 5.74) is 0.268. The van der Waals surface area contributed by atoms with Crippen LogP contribution in [0.15, 0.2) is 29.1 Å². The summed E-state index contributed by atoms with van der Waals surface area (Å²) < 4.78 is 3.01. The van der Waals surface area contributed by atoms with Crippen molar-refractivity contribution in [2.45, 2.75) is 18.4 Å². The van der Waals surface area contributed by atoms with E-state index in [2.05, 4.69) is 36.4 Å². The molecule has 0 unspecified atom stereocenters. The molecule has 2 N–H and O–H groups in total. The fourth-order valence-corrected chi connectivity index (χ4v) is 3.66. The number of carbonyl (C=O) groups is 2. The molecule has 0 aliphatic carbocycles. The molecular weight excluding hydrogens is 350 g/mol. The average molecular weight is 364 g/mol. The molecule has 2 aromatic rings. The van der Waals surface area contributed by atoms with Crippen LogP contribution in [0.25, 0.3) is 5.52 Å².